The molecule has 0 aliphatic rings. The lowest BCUT2D eigenvalue weighted by Crippen LogP contribution is -2.13. The second kappa shape index (κ2) is 7.00. The third kappa shape index (κ3) is 4.14. The van der Waals surface area contributed by atoms with Crippen LogP contribution < -0.4 is 10.1 Å². The van der Waals surface area contributed by atoms with E-state index in [1.54, 1.807) is 0 Å². The van der Waals surface area contributed by atoms with Crippen LogP contribution in [0.4, 0.5) is 0 Å². The molecule has 1 aromatic heterocycles. The maximum absolute atomic E-state index is 5.70. The van der Waals surface area contributed by atoms with Gasteiger partial charge in [-0.05, 0) is 38.1 Å². The molecular formula is C16H21NO2. The second-order valence-electron chi connectivity index (χ2n) is 4.57. The molecule has 1 heterocycles. The zero-order valence-corrected chi connectivity index (χ0v) is 11.6. The Morgan fingerprint density at radius 2 is 2.00 bits per heavy atom. The molecule has 0 saturated carbocycles. The molecule has 102 valence electrons. The van der Waals surface area contributed by atoms with E-state index in [9.17, 15) is 0 Å². The Bertz CT molecular complexity index is 491. The summed E-state index contributed by atoms with van der Waals surface area (Å²) in [4.78, 5) is 0. The molecule has 0 unspecified atom stereocenters. The first kappa shape index (κ1) is 13.7. The summed E-state index contributed by atoms with van der Waals surface area (Å²) in [6, 6.07) is 11.9. The van der Waals surface area contributed by atoms with Crippen LogP contribution in [-0.2, 0) is 13.2 Å². The van der Waals surface area contributed by atoms with Gasteiger partial charge >= 0.3 is 0 Å². The van der Waals surface area contributed by atoms with Gasteiger partial charge in [0.25, 0.3) is 0 Å². The van der Waals surface area contributed by atoms with Crippen molar-refractivity contribution in [3.8, 4) is 5.75 Å². The van der Waals surface area contributed by atoms with E-state index in [4.69, 9.17) is 9.15 Å². The van der Waals surface area contributed by atoms with E-state index in [0.29, 0.717) is 6.61 Å². The summed E-state index contributed by atoms with van der Waals surface area (Å²) in [5.41, 5.74) is 1.21. The molecule has 0 aliphatic carbocycles. The monoisotopic (exact) mass is 259 g/mol. The lowest BCUT2D eigenvalue weighted by atomic mass is 10.2. The second-order valence-corrected chi connectivity index (χ2v) is 4.57. The number of benzene rings is 1. The average molecular weight is 259 g/mol. The molecule has 0 fully saturated rings. The van der Waals surface area contributed by atoms with Crippen molar-refractivity contribution in [1.29, 1.82) is 0 Å². The topological polar surface area (TPSA) is 34.4 Å². The maximum atomic E-state index is 5.70. The minimum Gasteiger partial charge on any atom is -0.486 e. The van der Waals surface area contributed by atoms with Crippen LogP contribution in [0.3, 0.4) is 0 Å². The highest BCUT2D eigenvalue weighted by Crippen LogP contribution is 2.17. The molecule has 0 aliphatic heterocycles. The van der Waals surface area contributed by atoms with Crippen molar-refractivity contribution in [2.45, 2.75) is 33.4 Å². The molecule has 19 heavy (non-hydrogen) atoms. The van der Waals surface area contributed by atoms with Gasteiger partial charge in [0.2, 0.25) is 0 Å². The number of rotatable bonds is 7. The molecule has 3 nitrogen and oxygen atoms in total. The quantitative estimate of drug-likeness (QED) is 0.770. The van der Waals surface area contributed by atoms with Crippen molar-refractivity contribution < 1.29 is 9.15 Å². The fourth-order valence-electron chi connectivity index (χ4n) is 1.91. The predicted octanol–water partition coefficient (Wildman–Crippen LogP) is 3.67. The van der Waals surface area contributed by atoms with E-state index in [2.05, 4.69) is 18.3 Å². The largest absolute Gasteiger partial charge is 0.486 e. The van der Waals surface area contributed by atoms with Crippen LogP contribution in [0.2, 0.25) is 0 Å². The number of hydrogen-bond acceptors (Lipinski definition) is 3. The summed E-state index contributed by atoms with van der Waals surface area (Å²) >= 11 is 0. The number of aryl methyl sites for hydroxylation is 1. The molecule has 1 N–H and O–H groups in total. The van der Waals surface area contributed by atoms with Gasteiger partial charge in [-0.15, -0.1) is 0 Å². The molecule has 3 heteroatoms. The van der Waals surface area contributed by atoms with Crippen molar-refractivity contribution in [1.82, 2.24) is 5.32 Å². The SMILES string of the molecule is CCCNCc1cc(COc2ccccc2)oc1C. The van der Waals surface area contributed by atoms with Gasteiger partial charge in [0, 0.05) is 12.1 Å². The molecule has 1 aromatic carbocycles. The van der Waals surface area contributed by atoms with Crippen LogP contribution in [0.15, 0.2) is 40.8 Å². The van der Waals surface area contributed by atoms with E-state index in [1.165, 1.54) is 5.56 Å². The lowest BCUT2D eigenvalue weighted by Gasteiger charge is -2.02. The number of ether oxygens (including phenoxy) is 1. The molecular weight excluding hydrogens is 238 g/mol. The van der Waals surface area contributed by atoms with Crippen LogP contribution in [0.5, 0.6) is 5.75 Å². The fourth-order valence-corrected chi connectivity index (χ4v) is 1.91. The zero-order chi connectivity index (χ0) is 13.5. The highest BCUT2D eigenvalue weighted by atomic mass is 16.5. The fraction of sp³-hybridized carbons (Fsp3) is 0.375. The Morgan fingerprint density at radius 3 is 2.74 bits per heavy atom. The smallest absolute Gasteiger partial charge is 0.146 e. The molecule has 2 rings (SSSR count). The van der Waals surface area contributed by atoms with E-state index < -0.39 is 0 Å². The summed E-state index contributed by atoms with van der Waals surface area (Å²) in [6.07, 6.45) is 1.14. The third-order valence-electron chi connectivity index (χ3n) is 2.94. The van der Waals surface area contributed by atoms with Gasteiger partial charge in [-0.1, -0.05) is 25.1 Å². The number of hydrogen-bond donors (Lipinski definition) is 1. The number of furan rings is 1. The minimum atomic E-state index is 0.471. The van der Waals surface area contributed by atoms with E-state index >= 15 is 0 Å². The Labute approximate surface area is 114 Å². The van der Waals surface area contributed by atoms with Gasteiger partial charge < -0.3 is 14.5 Å². The van der Waals surface area contributed by atoms with Crippen LogP contribution >= 0.6 is 0 Å². The molecule has 0 atom stereocenters. The first-order valence-corrected chi connectivity index (χ1v) is 6.76. The van der Waals surface area contributed by atoms with E-state index in [0.717, 1.165) is 36.8 Å². The highest BCUT2D eigenvalue weighted by molar-refractivity contribution is 5.23. The maximum Gasteiger partial charge on any atom is 0.146 e. The molecule has 0 spiro atoms. The third-order valence-corrected chi connectivity index (χ3v) is 2.94. The normalized spacial score (nSPS) is 10.6. The zero-order valence-electron chi connectivity index (χ0n) is 11.6. The summed E-state index contributed by atoms with van der Waals surface area (Å²) < 4.78 is 11.4. The van der Waals surface area contributed by atoms with Gasteiger partial charge in [-0.3, -0.25) is 0 Å². The standard InChI is InChI=1S/C16H21NO2/c1-3-9-17-11-14-10-16(19-13(14)2)12-18-15-7-5-4-6-8-15/h4-8,10,17H,3,9,11-12H2,1-2H3. The van der Waals surface area contributed by atoms with Crippen LogP contribution in [0, 0.1) is 6.92 Å². The van der Waals surface area contributed by atoms with Crippen LogP contribution in [0.1, 0.15) is 30.4 Å². The molecule has 0 bridgehead atoms. The van der Waals surface area contributed by atoms with Gasteiger partial charge in [-0.2, -0.15) is 0 Å². The lowest BCUT2D eigenvalue weighted by molar-refractivity contribution is 0.267. The number of nitrogens with one attached hydrogen (secondary N) is 1. The van der Waals surface area contributed by atoms with Gasteiger partial charge in [-0.25, -0.2) is 0 Å². The Kier molecular flexibility index (Phi) is 5.04. The van der Waals surface area contributed by atoms with Crippen molar-refractivity contribution in [2.75, 3.05) is 6.54 Å². The van der Waals surface area contributed by atoms with Crippen molar-refractivity contribution in [3.05, 3.63) is 53.5 Å². The average Bonchev–Trinajstić information content (AvgIpc) is 2.79. The van der Waals surface area contributed by atoms with Crippen molar-refractivity contribution in [3.63, 3.8) is 0 Å². The Hall–Kier alpha value is -1.74. The summed E-state index contributed by atoms with van der Waals surface area (Å²) in [6.45, 7) is 6.51. The first-order valence-electron chi connectivity index (χ1n) is 6.76. The van der Waals surface area contributed by atoms with Crippen LogP contribution in [0.25, 0.3) is 0 Å². The molecule has 0 radical (unpaired) electrons. The molecule has 0 saturated heterocycles. The Morgan fingerprint density at radius 1 is 1.21 bits per heavy atom. The van der Waals surface area contributed by atoms with E-state index in [-0.39, 0.29) is 0 Å². The van der Waals surface area contributed by atoms with Crippen molar-refractivity contribution in [2.24, 2.45) is 0 Å². The summed E-state index contributed by atoms with van der Waals surface area (Å²) in [5, 5.41) is 3.38. The molecule has 0 amide bonds. The van der Waals surface area contributed by atoms with E-state index in [1.807, 2.05) is 37.3 Å². The summed E-state index contributed by atoms with van der Waals surface area (Å²) in [5.74, 6) is 2.70. The summed E-state index contributed by atoms with van der Waals surface area (Å²) in [7, 11) is 0. The highest BCUT2D eigenvalue weighted by Gasteiger charge is 2.07. The predicted molar refractivity (Wildman–Crippen MR) is 76.2 cm³/mol. The van der Waals surface area contributed by atoms with Gasteiger partial charge in [0.1, 0.15) is 23.9 Å². The first-order chi connectivity index (χ1) is 9.29. The molecule has 2 aromatic rings. The van der Waals surface area contributed by atoms with Gasteiger partial charge in [0.05, 0.1) is 0 Å². The van der Waals surface area contributed by atoms with Gasteiger partial charge in [0.15, 0.2) is 0 Å². The minimum absolute atomic E-state index is 0.471. The van der Waals surface area contributed by atoms with Crippen molar-refractivity contribution >= 4 is 0 Å². The number of para-hydroxylation sites is 1. The Balaban J connectivity index is 1.89. The van der Waals surface area contributed by atoms with Crippen LogP contribution in [-0.4, -0.2) is 6.54 Å².